The molecule has 1 heterocycles. The second-order valence-electron chi connectivity index (χ2n) is 5.07. The molecule has 1 atom stereocenters. The lowest BCUT2D eigenvalue weighted by molar-refractivity contribution is 0.181. The fourth-order valence-corrected chi connectivity index (χ4v) is 2.54. The highest BCUT2D eigenvalue weighted by atomic mass is 15.2. The van der Waals surface area contributed by atoms with E-state index in [2.05, 4.69) is 29.4 Å². The van der Waals surface area contributed by atoms with Crippen LogP contribution in [0.5, 0.6) is 0 Å². The minimum atomic E-state index is 0.665. The van der Waals surface area contributed by atoms with Crippen LogP contribution in [0.15, 0.2) is 24.3 Å². The van der Waals surface area contributed by atoms with Crippen LogP contribution in [-0.2, 0) is 6.54 Å². The van der Waals surface area contributed by atoms with Crippen molar-refractivity contribution in [2.45, 2.75) is 31.8 Å². The number of rotatable bonds is 4. The Morgan fingerprint density at radius 3 is 3.11 bits per heavy atom. The molecule has 3 nitrogen and oxygen atoms in total. The van der Waals surface area contributed by atoms with Crippen molar-refractivity contribution in [1.29, 1.82) is 5.26 Å². The SMILES string of the molecule is CN1CCCCC1CNCc1cccc(C#N)c1. The topological polar surface area (TPSA) is 39.1 Å². The maximum atomic E-state index is 8.85. The average Bonchev–Trinajstić information content (AvgIpc) is 2.41. The van der Waals surface area contributed by atoms with E-state index in [4.69, 9.17) is 5.26 Å². The first-order chi connectivity index (χ1) is 8.79. The number of nitrogens with zero attached hydrogens (tertiary/aromatic N) is 2. The number of hydrogen-bond donors (Lipinski definition) is 1. The van der Waals surface area contributed by atoms with Crippen molar-refractivity contribution in [3.8, 4) is 6.07 Å². The second-order valence-corrected chi connectivity index (χ2v) is 5.07. The molecule has 96 valence electrons. The summed E-state index contributed by atoms with van der Waals surface area (Å²) in [7, 11) is 2.21. The molecule has 3 heteroatoms. The zero-order chi connectivity index (χ0) is 12.8. The summed E-state index contributed by atoms with van der Waals surface area (Å²) < 4.78 is 0. The van der Waals surface area contributed by atoms with Crippen LogP contribution in [0.25, 0.3) is 0 Å². The zero-order valence-electron chi connectivity index (χ0n) is 11.0. The van der Waals surface area contributed by atoms with E-state index >= 15 is 0 Å². The Bertz CT molecular complexity index is 422. The lowest BCUT2D eigenvalue weighted by Crippen LogP contribution is -2.42. The lowest BCUT2D eigenvalue weighted by Gasteiger charge is -2.32. The van der Waals surface area contributed by atoms with Crippen LogP contribution < -0.4 is 5.32 Å². The van der Waals surface area contributed by atoms with Crippen LogP contribution in [0.4, 0.5) is 0 Å². The fourth-order valence-electron chi connectivity index (χ4n) is 2.54. The van der Waals surface area contributed by atoms with Crippen LogP contribution >= 0.6 is 0 Å². The Kier molecular flexibility index (Phi) is 4.74. The number of hydrogen-bond acceptors (Lipinski definition) is 3. The molecular weight excluding hydrogens is 222 g/mol. The van der Waals surface area contributed by atoms with Crippen LogP contribution in [0.2, 0.25) is 0 Å². The predicted octanol–water partition coefficient (Wildman–Crippen LogP) is 2.13. The van der Waals surface area contributed by atoms with E-state index in [9.17, 15) is 0 Å². The van der Waals surface area contributed by atoms with Crippen LogP contribution in [0.3, 0.4) is 0 Å². The molecule has 0 aromatic heterocycles. The van der Waals surface area contributed by atoms with Crippen molar-refractivity contribution in [3.63, 3.8) is 0 Å². The van der Waals surface area contributed by atoms with Gasteiger partial charge in [-0.15, -0.1) is 0 Å². The number of benzene rings is 1. The zero-order valence-corrected chi connectivity index (χ0v) is 11.0. The van der Waals surface area contributed by atoms with Crippen molar-refractivity contribution in [2.75, 3.05) is 20.1 Å². The minimum absolute atomic E-state index is 0.665. The number of piperidine rings is 1. The van der Waals surface area contributed by atoms with E-state index in [0.29, 0.717) is 6.04 Å². The van der Waals surface area contributed by atoms with Gasteiger partial charge in [0.05, 0.1) is 11.6 Å². The normalized spacial score (nSPS) is 20.6. The van der Waals surface area contributed by atoms with Gasteiger partial charge in [-0.3, -0.25) is 0 Å². The van der Waals surface area contributed by atoms with Crippen LogP contribution in [-0.4, -0.2) is 31.1 Å². The van der Waals surface area contributed by atoms with Gasteiger partial charge in [0.1, 0.15) is 0 Å². The summed E-state index contributed by atoms with van der Waals surface area (Å²) in [6.07, 6.45) is 3.97. The van der Waals surface area contributed by atoms with Gasteiger partial charge in [0, 0.05) is 19.1 Å². The first-order valence-electron chi connectivity index (χ1n) is 6.69. The first kappa shape index (κ1) is 13.1. The molecular formula is C15H21N3. The molecule has 0 spiro atoms. The molecule has 1 saturated heterocycles. The molecule has 1 aliphatic rings. The van der Waals surface area contributed by atoms with E-state index < -0.39 is 0 Å². The van der Waals surface area contributed by atoms with Crippen LogP contribution in [0, 0.1) is 11.3 Å². The average molecular weight is 243 g/mol. The van der Waals surface area contributed by atoms with Gasteiger partial charge < -0.3 is 10.2 Å². The highest BCUT2D eigenvalue weighted by Crippen LogP contribution is 2.14. The Morgan fingerprint density at radius 1 is 1.44 bits per heavy atom. The van der Waals surface area contributed by atoms with Gasteiger partial charge in [0.15, 0.2) is 0 Å². The Labute approximate surface area is 109 Å². The van der Waals surface area contributed by atoms with Crippen LogP contribution in [0.1, 0.15) is 30.4 Å². The minimum Gasteiger partial charge on any atom is -0.311 e. The third kappa shape index (κ3) is 3.56. The number of likely N-dealkylation sites (N-methyl/N-ethyl adjacent to an activating group) is 1. The van der Waals surface area contributed by atoms with Gasteiger partial charge in [0.25, 0.3) is 0 Å². The molecule has 0 saturated carbocycles. The van der Waals surface area contributed by atoms with Crippen molar-refractivity contribution in [2.24, 2.45) is 0 Å². The number of nitrogens with one attached hydrogen (secondary N) is 1. The predicted molar refractivity (Wildman–Crippen MR) is 73.1 cm³/mol. The summed E-state index contributed by atoms with van der Waals surface area (Å²) in [5, 5.41) is 12.4. The fraction of sp³-hybridized carbons (Fsp3) is 0.533. The monoisotopic (exact) mass is 243 g/mol. The van der Waals surface area contributed by atoms with Crippen molar-refractivity contribution < 1.29 is 0 Å². The molecule has 0 radical (unpaired) electrons. The largest absolute Gasteiger partial charge is 0.311 e. The molecule has 2 rings (SSSR count). The first-order valence-corrected chi connectivity index (χ1v) is 6.69. The highest BCUT2D eigenvalue weighted by Gasteiger charge is 2.17. The summed E-state index contributed by atoms with van der Waals surface area (Å²) in [5.74, 6) is 0. The third-order valence-corrected chi connectivity index (χ3v) is 3.69. The van der Waals surface area contributed by atoms with E-state index in [1.807, 2.05) is 18.2 Å². The van der Waals surface area contributed by atoms with Gasteiger partial charge >= 0.3 is 0 Å². The Morgan fingerprint density at radius 2 is 2.33 bits per heavy atom. The molecule has 18 heavy (non-hydrogen) atoms. The molecule has 1 N–H and O–H groups in total. The summed E-state index contributed by atoms with van der Waals surface area (Å²) in [4.78, 5) is 2.45. The van der Waals surface area contributed by atoms with E-state index in [1.54, 1.807) is 0 Å². The smallest absolute Gasteiger partial charge is 0.0991 e. The Hall–Kier alpha value is -1.37. The van der Waals surface area contributed by atoms with Gasteiger partial charge in [-0.05, 0) is 44.1 Å². The molecule has 1 aromatic rings. The number of nitriles is 1. The maximum absolute atomic E-state index is 8.85. The van der Waals surface area contributed by atoms with E-state index in [-0.39, 0.29) is 0 Å². The van der Waals surface area contributed by atoms with Gasteiger partial charge in [-0.2, -0.15) is 5.26 Å². The molecule has 1 unspecified atom stereocenters. The maximum Gasteiger partial charge on any atom is 0.0991 e. The van der Waals surface area contributed by atoms with Crippen molar-refractivity contribution in [1.82, 2.24) is 10.2 Å². The highest BCUT2D eigenvalue weighted by molar-refractivity contribution is 5.32. The van der Waals surface area contributed by atoms with Gasteiger partial charge in [-0.25, -0.2) is 0 Å². The molecule has 1 fully saturated rings. The van der Waals surface area contributed by atoms with Crippen molar-refractivity contribution >= 4 is 0 Å². The van der Waals surface area contributed by atoms with Crippen molar-refractivity contribution in [3.05, 3.63) is 35.4 Å². The summed E-state index contributed by atoms with van der Waals surface area (Å²) >= 11 is 0. The van der Waals surface area contributed by atoms with E-state index in [1.165, 1.54) is 31.4 Å². The molecule has 0 aliphatic carbocycles. The lowest BCUT2D eigenvalue weighted by atomic mass is 10.0. The molecule has 1 aliphatic heterocycles. The molecule has 0 amide bonds. The molecule has 1 aromatic carbocycles. The van der Waals surface area contributed by atoms with E-state index in [0.717, 1.165) is 18.7 Å². The standard InChI is InChI=1S/C15H21N3/c1-18-8-3-2-7-15(18)12-17-11-14-6-4-5-13(9-14)10-16/h4-6,9,15,17H,2-3,7-8,11-12H2,1H3. The number of likely N-dealkylation sites (tertiary alicyclic amines) is 1. The van der Waals surface area contributed by atoms with Gasteiger partial charge in [-0.1, -0.05) is 18.6 Å². The van der Waals surface area contributed by atoms with Gasteiger partial charge in [0.2, 0.25) is 0 Å². The quantitative estimate of drug-likeness (QED) is 0.880. The summed E-state index contributed by atoms with van der Waals surface area (Å²) in [6, 6.07) is 10.7. The summed E-state index contributed by atoms with van der Waals surface area (Å²) in [6.45, 7) is 3.10. The molecule has 0 bridgehead atoms. The Balaban J connectivity index is 1.79. The third-order valence-electron chi connectivity index (χ3n) is 3.69. The summed E-state index contributed by atoms with van der Waals surface area (Å²) in [5.41, 5.74) is 1.93. The second kappa shape index (κ2) is 6.53.